The van der Waals surface area contributed by atoms with Gasteiger partial charge in [-0.15, -0.1) is 11.3 Å². The van der Waals surface area contributed by atoms with Crippen molar-refractivity contribution in [1.29, 1.82) is 0 Å². The number of anilines is 1. The van der Waals surface area contributed by atoms with Gasteiger partial charge in [0, 0.05) is 5.38 Å². The number of nitrogens with one attached hydrogen (secondary N) is 1. The molecule has 82 valence electrons. The van der Waals surface area contributed by atoms with Crippen LogP contribution in [0.4, 0.5) is 9.93 Å². The first-order valence-electron chi connectivity index (χ1n) is 4.28. The standard InChI is InChI=1S/C8H11N3O3S/c1-2-14-6(12)3-5-4-15-8(10-5)11-7(9)13/h4H,2-3H2,1H3,(H3,9,10,11,13). The second-order valence-electron chi connectivity index (χ2n) is 2.62. The number of esters is 1. The molecule has 0 unspecified atom stereocenters. The molecule has 0 aliphatic rings. The molecule has 7 heteroatoms. The SMILES string of the molecule is CCOC(=O)Cc1csc(NC(N)=O)n1. The molecule has 1 aromatic heterocycles. The Morgan fingerprint density at radius 3 is 3.00 bits per heavy atom. The largest absolute Gasteiger partial charge is 0.466 e. The molecule has 0 aromatic carbocycles. The van der Waals surface area contributed by atoms with Crippen LogP contribution in [-0.2, 0) is 16.0 Å². The Hall–Kier alpha value is -1.63. The van der Waals surface area contributed by atoms with E-state index in [0.29, 0.717) is 17.4 Å². The first kappa shape index (κ1) is 11.4. The molecule has 15 heavy (non-hydrogen) atoms. The van der Waals surface area contributed by atoms with Gasteiger partial charge in [-0.05, 0) is 6.92 Å². The number of nitrogens with two attached hydrogens (primary N) is 1. The highest BCUT2D eigenvalue weighted by Gasteiger charge is 2.08. The maximum atomic E-state index is 11.1. The quantitative estimate of drug-likeness (QED) is 0.744. The summed E-state index contributed by atoms with van der Waals surface area (Å²) in [4.78, 5) is 25.5. The zero-order valence-corrected chi connectivity index (χ0v) is 8.97. The van der Waals surface area contributed by atoms with Crippen molar-refractivity contribution in [3.05, 3.63) is 11.1 Å². The molecule has 0 spiro atoms. The molecule has 1 rings (SSSR count). The lowest BCUT2D eigenvalue weighted by Crippen LogP contribution is -2.19. The molecule has 1 heterocycles. The maximum Gasteiger partial charge on any atom is 0.318 e. The molecule has 0 radical (unpaired) electrons. The van der Waals surface area contributed by atoms with Crippen LogP contribution in [0.1, 0.15) is 12.6 Å². The minimum Gasteiger partial charge on any atom is -0.466 e. The average molecular weight is 229 g/mol. The summed E-state index contributed by atoms with van der Waals surface area (Å²) in [7, 11) is 0. The molecule has 0 saturated heterocycles. The molecular formula is C8H11N3O3S. The van der Waals surface area contributed by atoms with E-state index in [2.05, 4.69) is 10.3 Å². The summed E-state index contributed by atoms with van der Waals surface area (Å²) in [6.45, 7) is 2.08. The van der Waals surface area contributed by atoms with E-state index in [4.69, 9.17) is 10.5 Å². The van der Waals surface area contributed by atoms with E-state index in [-0.39, 0.29) is 12.4 Å². The van der Waals surface area contributed by atoms with Gasteiger partial charge in [0.05, 0.1) is 18.7 Å². The molecule has 0 atom stereocenters. The number of primary amides is 1. The van der Waals surface area contributed by atoms with Crippen LogP contribution in [0, 0.1) is 0 Å². The smallest absolute Gasteiger partial charge is 0.318 e. The second kappa shape index (κ2) is 5.30. The summed E-state index contributed by atoms with van der Waals surface area (Å²) in [6.07, 6.45) is 0.102. The Morgan fingerprint density at radius 1 is 1.67 bits per heavy atom. The van der Waals surface area contributed by atoms with Crippen LogP contribution in [0.5, 0.6) is 0 Å². The van der Waals surface area contributed by atoms with Crippen LogP contribution in [0.15, 0.2) is 5.38 Å². The van der Waals surface area contributed by atoms with Crippen molar-refractivity contribution in [2.45, 2.75) is 13.3 Å². The van der Waals surface area contributed by atoms with E-state index in [1.807, 2.05) is 0 Å². The number of hydrogen-bond donors (Lipinski definition) is 2. The first-order chi connectivity index (χ1) is 7.11. The number of carbonyl (C=O) groups excluding carboxylic acids is 2. The zero-order valence-electron chi connectivity index (χ0n) is 8.15. The fourth-order valence-corrected chi connectivity index (χ4v) is 1.62. The molecule has 0 saturated carbocycles. The Balaban J connectivity index is 2.52. The van der Waals surface area contributed by atoms with Crippen LogP contribution in [-0.4, -0.2) is 23.6 Å². The van der Waals surface area contributed by atoms with Crippen LogP contribution < -0.4 is 11.1 Å². The van der Waals surface area contributed by atoms with Crippen molar-refractivity contribution < 1.29 is 14.3 Å². The number of rotatable bonds is 4. The number of urea groups is 1. The predicted octanol–water partition coefficient (Wildman–Crippen LogP) is 0.739. The zero-order chi connectivity index (χ0) is 11.3. The number of thiazole rings is 1. The van der Waals surface area contributed by atoms with Crippen molar-refractivity contribution in [2.75, 3.05) is 11.9 Å². The summed E-state index contributed by atoms with van der Waals surface area (Å²) >= 11 is 1.21. The molecule has 2 amide bonds. The topological polar surface area (TPSA) is 94.3 Å². The predicted molar refractivity (Wildman–Crippen MR) is 55.7 cm³/mol. The van der Waals surface area contributed by atoms with Gasteiger partial charge in [0.15, 0.2) is 5.13 Å². The van der Waals surface area contributed by atoms with E-state index in [1.54, 1.807) is 12.3 Å². The van der Waals surface area contributed by atoms with Crippen molar-refractivity contribution >= 4 is 28.5 Å². The summed E-state index contributed by atoms with van der Waals surface area (Å²) in [5, 5.41) is 4.37. The lowest BCUT2D eigenvalue weighted by atomic mass is 10.3. The van der Waals surface area contributed by atoms with Crippen molar-refractivity contribution in [1.82, 2.24) is 4.98 Å². The van der Waals surface area contributed by atoms with E-state index >= 15 is 0 Å². The Bertz CT molecular complexity index is 364. The Labute approximate surface area is 90.4 Å². The summed E-state index contributed by atoms with van der Waals surface area (Å²) in [5.74, 6) is -0.339. The third-order valence-corrected chi connectivity index (χ3v) is 2.22. The maximum absolute atomic E-state index is 11.1. The number of carbonyl (C=O) groups is 2. The molecule has 0 bridgehead atoms. The first-order valence-corrected chi connectivity index (χ1v) is 5.16. The van der Waals surface area contributed by atoms with Crippen LogP contribution >= 0.6 is 11.3 Å². The van der Waals surface area contributed by atoms with E-state index in [1.165, 1.54) is 11.3 Å². The summed E-state index contributed by atoms with van der Waals surface area (Å²) in [5.41, 5.74) is 5.47. The van der Waals surface area contributed by atoms with Crippen molar-refractivity contribution in [2.24, 2.45) is 5.73 Å². The summed E-state index contributed by atoms with van der Waals surface area (Å²) in [6, 6.07) is -0.674. The normalized spacial score (nSPS) is 9.67. The lowest BCUT2D eigenvalue weighted by molar-refractivity contribution is -0.142. The molecule has 3 N–H and O–H groups in total. The highest BCUT2D eigenvalue weighted by molar-refractivity contribution is 7.13. The number of hydrogen-bond acceptors (Lipinski definition) is 5. The van der Waals surface area contributed by atoms with Gasteiger partial charge in [0.1, 0.15) is 0 Å². The van der Waals surface area contributed by atoms with Gasteiger partial charge >= 0.3 is 12.0 Å². The number of amides is 2. The lowest BCUT2D eigenvalue weighted by Gasteiger charge is -1.98. The molecule has 6 nitrogen and oxygen atoms in total. The highest BCUT2D eigenvalue weighted by atomic mass is 32.1. The third-order valence-electron chi connectivity index (χ3n) is 1.41. The van der Waals surface area contributed by atoms with Crippen molar-refractivity contribution in [3.8, 4) is 0 Å². The third kappa shape index (κ3) is 3.94. The van der Waals surface area contributed by atoms with Gasteiger partial charge in [-0.3, -0.25) is 10.1 Å². The Kier molecular flexibility index (Phi) is 4.04. The van der Waals surface area contributed by atoms with Gasteiger partial charge in [0.2, 0.25) is 0 Å². The Morgan fingerprint density at radius 2 is 2.40 bits per heavy atom. The van der Waals surface area contributed by atoms with E-state index in [9.17, 15) is 9.59 Å². The van der Waals surface area contributed by atoms with Gasteiger partial charge < -0.3 is 10.5 Å². The molecule has 0 aliphatic heterocycles. The van der Waals surface area contributed by atoms with Gasteiger partial charge in [-0.2, -0.15) is 0 Å². The molecule has 0 fully saturated rings. The fourth-order valence-electron chi connectivity index (χ4n) is 0.911. The van der Waals surface area contributed by atoms with Crippen LogP contribution in [0.25, 0.3) is 0 Å². The molecular weight excluding hydrogens is 218 g/mol. The van der Waals surface area contributed by atoms with Crippen LogP contribution in [0.2, 0.25) is 0 Å². The number of aromatic nitrogens is 1. The number of nitrogens with zero attached hydrogens (tertiary/aromatic N) is 1. The fraction of sp³-hybridized carbons (Fsp3) is 0.375. The van der Waals surface area contributed by atoms with E-state index < -0.39 is 6.03 Å². The van der Waals surface area contributed by atoms with Gasteiger partial charge in [-0.1, -0.05) is 0 Å². The summed E-state index contributed by atoms with van der Waals surface area (Å²) < 4.78 is 4.75. The monoisotopic (exact) mass is 229 g/mol. The molecule has 0 aliphatic carbocycles. The number of ether oxygens (including phenoxy) is 1. The second-order valence-corrected chi connectivity index (χ2v) is 3.47. The average Bonchev–Trinajstić information content (AvgIpc) is 2.51. The van der Waals surface area contributed by atoms with Crippen molar-refractivity contribution in [3.63, 3.8) is 0 Å². The van der Waals surface area contributed by atoms with Gasteiger partial charge in [0.25, 0.3) is 0 Å². The van der Waals surface area contributed by atoms with Gasteiger partial charge in [-0.25, -0.2) is 9.78 Å². The van der Waals surface area contributed by atoms with Crippen LogP contribution in [0.3, 0.4) is 0 Å². The highest BCUT2D eigenvalue weighted by Crippen LogP contribution is 2.15. The minimum absolute atomic E-state index is 0.102. The minimum atomic E-state index is -0.674. The molecule has 1 aromatic rings. The van der Waals surface area contributed by atoms with E-state index in [0.717, 1.165) is 0 Å².